The fourth-order valence-electron chi connectivity index (χ4n) is 2.99. The first-order chi connectivity index (χ1) is 9.93. The minimum absolute atomic E-state index is 0.0121. The molecule has 122 valence electrons. The highest BCUT2D eigenvalue weighted by molar-refractivity contribution is 7.91. The molecule has 2 rings (SSSR count). The monoisotopic (exact) mass is 318 g/mol. The number of sulfone groups is 1. The van der Waals surface area contributed by atoms with E-state index in [9.17, 15) is 13.2 Å². The van der Waals surface area contributed by atoms with Crippen molar-refractivity contribution in [2.24, 2.45) is 0 Å². The number of hydrogen-bond donors (Lipinski definition) is 1. The van der Waals surface area contributed by atoms with Crippen LogP contribution in [0.15, 0.2) is 0 Å². The number of aliphatic hydroxyl groups is 1. The zero-order valence-electron chi connectivity index (χ0n) is 12.7. The van der Waals surface area contributed by atoms with Gasteiger partial charge >= 0.3 is 0 Å². The number of amides is 1. The van der Waals surface area contributed by atoms with Gasteiger partial charge in [0, 0.05) is 32.3 Å². The lowest BCUT2D eigenvalue weighted by Gasteiger charge is -2.38. The lowest BCUT2D eigenvalue weighted by molar-refractivity contribution is -0.133. The van der Waals surface area contributed by atoms with Gasteiger partial charge in [0.1, 0.15) is 0 Å². The summed E-state index contributed by atoms with van der Waals surface area (Å²) in [6.45, 7) is 1.19. The van der Waals surface area contributed by atoms with E-state index in [-0.39, 0.29) is 30.1 Å². The fraction of sp³-hybridized carbons (Fsp3) is 0.929. The summed E-state index contributed by atoms with van der Waals surface area (Å²) >= 11 is 0. The molecule has 2 aliphatic rings. The van der Waals surface area contributed by atoms with Gasteiger partial charge in [-0.1, -0.05) is 6.42 Å². The molecule has 0 radical (unpaired) electrons. The molecule has 0 aromatic rings. The van der Waals surface area contributed by atoms with Gasteiger partial charge in [-0.25, -0.2) is 8.42 Å². The number of nitrogens with zero attached hydrogens (tertiary/aromatic N) is 2. The van der Waals surface area contributed by atoms with E-state index in [0.717, 1.165) is 19.4 Å². The van der Waals surface area contributed by atoms with Gasteiger partial charge < -0.3 is 10.0 Å². The molecule has 1 heterocycles. The third kappa shape index (κ3) is 4.40. The van der Waals surface area contributed by atoms with Crippen molar-refractivity contribution in [3.05, 3.63) is 0 Å². The van der Waals surface area contributed by atoms with Gasteiger partial charge in [-0.3, -0.25) is 9.69 Å². The van der Waals surface area contributed by atoms with E-state index in [1.54, 1.807) is 11.9 Å². The van der Waals surface area contributed by atoms with Gasteiger partial charge in [-0.2, -0.15) is 0 Å². The molecule has 21 heavy (non-hydrogen) atoms. The number of rotatable bonds is 7. The first-order valence-corrected chi connectivity index (χ1v) is 9.56. The third-order valence-electron chi connectivity index (χ3n) is 4.68. The first kappa shape index (κ1) is 16.7. The minimum atomic E-state index is -2.97. The van der Waals surface area contributed by atoms with Crippen LogP contribution in [-0.4, -0.2) is 79.6 Å². The van der Waals surface area contributed by atoms with E-state index in [2.05, 4.69) is 4.90 Å². The van der Waals surface area contributed by atoms with E-state index in [4.69, 9.17) is 5.11 Å². The van der Waals surface area contributed by atoms with Crippen molar-refractivity contribution in [1.29, 1.82) is 0 Å². The smallest absolute Gasteiger partial charge is 0.236 e. The minimum Gasteiger partial charge on any atom is -0.396 e. The van der Waals surface area contributed by atoms with Crippen LogP contribution in [0.2, 0.25) is 0 Å². The first-order valence-electron chi connectivity index (χ1n) is 7.74. The van der Waals surface area contributed by atoms with Crippen LogP contribution in [0.1, 0.15) is 32.1 Å². The molecule has 1 amide bonds. The van der Waals surface area contributed by atoms with Crippen molar-refractivity contribution >= 4 is 15.7 Å². The van der Waals surface area contributed by atoms with Crippen LogP contribution in [-0.2, 0) is 14.6 Å². The van der Waals surface area contributed by atoms with Crippen LogP contribution in [0, 0.1) is 0 Å². The molecule has 0 aromatic heterocycles. The molecular formula is C14H26N2O4S. The summed E-state index contributed by atoms with van der Waals surface area (Å²) in [5.41, 5.74) is 0. The van der Waals surface area contributed by atoms with Gasteiger partial charge in [-0.15, -0.1) is 0 Å². The average molecular weight is 318 g/mol. The van der Waals surface area contributed by atoms with Crippen molar-refractivity contribution in [3.63, 3.8) is 0 Å². The highest BCUT2D eigenvalue weighted by Crippen LogP contribution is 2.25. The zero-order valence-corrected chi connectivity index (χ0v) is 13.5. The van der Waals surface area contributed by atoms with Crippen LogP contribution in [0.3, 0.4) is 0 Å². The highest BCUT2D eigenvalue weighted by atomic mass is 32.2. The number of carbonyl (C=O) groups is 1. The summed E-state index contributed by atoms with van der Waals surface area (Å²) in [4.78, 5) is 16.1. The molecule has 1 saturated carbocycles. The SMILES string of the molecule is CN(C(=O)CN(CCCO)C1CCC1)C1CCS(=O)(=O)C1. The number of carbonyl (C=O) groups excluding carboxylic acids is 1. The Kier molecular flexibility index (Phi) is 5.62. The molecule has 7 heteroatoms. The van der Waals surface area contributed by atoms with Gasteiger partial charge in [-0.05, 0) is 25.7 Å². The van der Waals surface area contributed by atoms with Crippen LogP contribution in [0.4, 0.5) is 0 Å². The van der Waals surface area contributed by atoms with Crippen LogP contribution in [0.25, 0.3) is 0 Å². The van der Waals surface area contributed by atoms with Crippen LogP contribution in [0.5, 0.6) is 0 Å². The third-order valence-corrected chi connectivity index (χ3v) is 6.43. The van der Waals surface area contributed by atoms with Crippen LogP contribution >= 0.6 is 0 Å². The van der Waals surface area contributed by atoms with E-state index in [0.29, 0.717) is 25.4 Å². The molecule has 0 spiro atoms. The maximum absolute atomic E-state index is 12.4. The summed E-state index contributed by atoms with van der Waals surface area (Å²) < 4.78 is 23.0. The Hall–Kier alpha value is -0.660. The highest BCUT2D eigenvalue weighted by Gasteiger charge is 2.34. The molecule has 1 atom stereocenters. The second-order valence-corrected chi connectivity index (χ2v) is 8.42. The fourth-order valence-corrected chi connectivity index (χ4v) is 4.76. The van der Waals surface area contributed by atoms with E-state index < -0.39 is 9.84 Å². The average Bonchev–Trinajstić information content (AvgIpc) is 2.73. The van der Waals surface area contributed by atoms with Gasteiger partial charge in [0.2, 0.25) is 5.91 Å². The Labute approximate surface area is 127 Å². The lowest BCUT2D eigenvalue weighted by atomic mass is 9.91. The lowest BCUT2D eigenvalue weighted by Crippen LogP contribution is -2.49. The Morgan fingerprint density at radius 1 is 1.24 bits per heavy atom. The van der Waals surface area contributed by atoms with Crippen molar-refractivity contribution in [3.8, 4) is 0 Å². The topological polar surface area (TPSA) is 77.9 Å². The second kappa shape index (κ2) is 7.07. The molecule has 6 nitrogen and oxygen atoms in total. The Balaban J connectivity index is 1.88. The van der Waals surface area contributed by atoms with Gasteiger partial charge in [0.25, 0.3) is 0 Å². The molecule has 1 saturated heterocycles. The molecule has 1 N–H and O–H groups in total. The van der Waals surface area contributed by atoms with Crippen LogP contribution < -0.4 is 0 Å². The molecule has 1 aliphatic carbocycles. The predicted octanol–water partition coefficient (Wildman–Crippen LogP) is -0.131. The molecule has 1 aliphatic heterocycles. The summed E-state index contributed by atoms with van der Waals surface area (Å²) in [5.74, 6) is 0.267. The zero-order chi connectivity index (χ0) is 15.5. The quantitative estimate of drug-likeness (QED) is 0.707. The Bertz CT molecular complexity index is 462. The molecule has 1 unspecified atom stereocenters. The summed E-state index contributed by atoms with van der Waals surface area (Å²) in [6, 6.07) is 0.268. The van der Waals surface area contributed by atoms with Gasteiger partial charge in [0.05, 0.1) is 18.1 Å². The Morgan fingerprint density at radius 2 is 1.95 bits per heavy atom. The number of hydrogen-bond acceptors (Lipinski definition) is 5. The maximum Gasteiger partial charge on any atom is 0.236 e. The standard InChI is InChI=1S/C14H26N2O4S/c1-15(13-6-9-21(19,20)11-13)14(18)10-16(7-3-8-17)12-4-2-5-12/h12-13,17H,2-11H2,1H3. The van der Waals surface area contributed by atoms with E-state index in [1.165, 1.54) is 6.42 Å². The van der Waals surface area contributed by atoms with Crippen molar-refractivity contribution < 1.29 is 18.3 Å². The molecular weight excluding hydrogens is 292 g/mol. The predicted molar refractivity (Wildman–Crippen MR) is 80.7 cm³/mol. The molecule has 2 fully saturated rings. The van der Waals surface area contributed by atoms with Crippen molar-refractivity contribution in [2.75, 3.05) is 38.2 Å². The summed E-state index contributed by atoms with van der Waals surface area (Å²) in [7, 11) is -1.26. The van der Waals surface area contributed by atoms with E-state index in [1.807, 2.05) is 0 Å². The maximum atomic E-state index is 12.4. The number of aliphatic hydroxyl groups excluding tert-OH is 1. The van der Waals surface area contributed by atoms with Crippen molar-refractivity contribution in [1.82, 2.24) is 9.80 Å². The number of likely N-dealkylation sites (N-methyl/N-ethyl adjacent to an activating group) is 1. The normalized spacial score (nSPS) is 25.0. The molecule has 0 bridgehead atoms. The summed E-state index contributed by atoms with van der Waals surface area (Å²) in [6.07, 6.45) is 4.64. The largest absolute Gasteiger partial charge is 0.396 e. The van der Waals surface area contributed by atoms with E-state index >= 15 is 0 Å². The Morgan fingerprint density at radius 3 is 2.43 bits per heavy atom. The summed E-state index contributed by atoms with van der Waals surface area (Å²) in [5, 5.41) is 8.97. The van der Waals surface area contributed by atoms with Gasteiger partial charge in [0.15, 0.2) is 9.84 Å². The second-order valence-electron chi connectivity index (χ2n) is 6.19. The van der Waals surface area contributed by atoms with Crippen molar-refractivity contribution in [2.45, 2.75) is 44.2 Å². The molecule has 0 aromatic carbocycles.